The van der Waals surface area contributed by atoms with Crippen LogP contribution in [0.5, 0.6) is 0 Å². The van der Waals surface area contributed by atoms with Gasteiger partial charge in [0.1, 0.15) is 11.0 Å². The Kier molecular flexibility index (Phi) is 2.54. The van der Waals surface area contributed by atoms with E-state index in [-0.39, 0.29) is 6.04 Å². The molecule has 3 N–H and O–H groups in total. The van der Waals surface area contributed by atoms with Crippen LogP contribution in [0.1, 0.15) is 5.56 Å². The third-order valence-electron chi connectivity index (χ3n) is 3.17. The van der Waals surface area contributed by atoms with Crippen LogP contribution >= 0.6 is 0 Å². The van der Waals surface area contributed by atoms with Crippen LogP contribution in [0.15, 0.2) is 22.8 Å². The molecule has 0 aliphatic carbocycles. The van der Waals surface area contributed by atoms with Crippen molar-refractivity contribution in [3.05, 3.63) is 23.8 Å². The van der Waals surface area contributed by atoms with E-state index in [9.17, 15) is 5.11 Å². The average molecular weight is 234 g/mol. The van der Waals surface area contributed by atoms with Crippen molar-refractivity contribution < 1.29 is 9.74 Å². The molecule has 1 saturated heterocycles. The summed E-state index contributed by atoms with van der Waals surface area (Å²) in [5.74, 6) is 0. The molecular weight excluding hydrogens is 220 g/mol. The van der Waals surface area contributed by atoms with E-state index in [4.69, 9.17) is 10.4 Å². The third-order valence-corrected chi connectivity index (χ3v) is 3.17. The molecule has 0 radical (unpaired) electrons. The molecule has 6 nitrogen and oxygen atoms in total. The zero-order valence-electron chi connectivity index (χ0n) is 9.28. The van der Waals surface area contributed by atoms with Crippen molar-refractivity contribution in [1.29, 1.82) is 0 Å². The second-order valence-corrected chi connectivity index (χ2v) is 4.47. The zero-order valence-corrected chi connectivity index (χ0v) is 9.28. The van der Waals surface area contributed by atoms with Gasteiger partial charge in [0, 0.05) is 25.7 Å². The van der Waals surface area contributed by atoms with Gasteiger partial charge in [0.05, 0.1) is 6.10 Å². The Bertz CT molecular complexity index is 517. The van der Waals surface area contributed by atoms with Gasteiger partial charge in [-0.25, -0.2) is 4.63 Å². The smallest absolute Gasteiger partial charge is 0.139 e. The van der Waals surface area contributed by atoms with Crippen LogP contribution < -0.4 is 5.73 Å². The first-order chi connectivity index (χ1) is 8.24. The van der Waals surface area contributed by atoms with Crippen LogP contribution in [-0.2, 0) is 6.54 Å². The SMILES string of the molecule is N[C@@H]1CN(Cc2cccc3nonc23)C[C@H]1O. The van der Waals surface area contributed by atoms with Crippen LogP contribution in [0, 0.1) is 0 Å². The summed E-state index contributed by atoms with van der Waals surface area (Å²) in [4.78, 5) is 2.11. The standard InChI is InChI=1S/C11H14N4O2/c12-8-5-15(6-10(8)16)4-7-2-1-3-9-11(7)14-17-13-9/h1-3,8,10,16H,4-6,12H2/t8-,10-/m1/s1. The number of benzene rings is 1. The van der Waals surface area contributed by atoms with Crippen LogP contribution in [-0.4, -0.2) is 45.6 Å². The number of aliphatic hydroxyl groups excluding tert-OH is 1. The van der Waals surface area contributed by atoms with Crippen molar-refractivity contribution in [2.75, 3.05) is 13.1 Å². The number of rotatable bonds is 2. The lowest BCUT2D eigenvalue weighted by atomic mass is 10.2. The molecule has 1 aromatic carbocycles. The summed E-state index contributed by atoms with van der Waals surface area (Å²) in [5.41, 5.74) is 8.36. The summed E-state index contributed by atoms with van der Waals surface area (Å²) >= 11 is 0. The van der Waals surface area contributed by atoms with E-state index in [0.29, 0.717) is 19.6 Å². The fourth-order valence-corrected chi connectivity index (χ4v) is 2.25. The molecule has 2 atom stereocenters. The molecule has 0 spiro atoms. The molecule has 0 amide bonds. The summed E-state index contributed by atoms with van der Waals surface area (Å²) in [5, 5.41) is 17.3. The highest BCUT2D eigenvalue weighted by molar-refractivity contribution is 5.76. The molecule has 1 fully saturated rings. The Morgan fingerprint density at radius 1 is 1.41 bits per heavy atom. The molecule has 1 aliphatic heterocycles. The molecule has 2 aromatic rings. The minimum Gasteiger partial charge on any atom is -0.390 e. The first-order valence-corrected chi connectivity index (χ1v) is 5.60. The lowest BCUT2D eigenvalue weighted by Crippen LogP contribution is -2.32. The number of nitrogens with two attached hydrogens (primary N) is 1. The number of aliphatic hydroxyl groups is 1. The summed E-state index contributed by atoms with van der Waals surface area (Å²) in [7, 11) is 0. The van der Waals surface area contributed by atoms with Gasteiger partial charge in [-0.3, -0.25) is 4.90 Å². The normalized spacial score (nSPS) is 25.8. The third kappa shape index (κ3) is 1.90. The van der Waals surface area contributed by atoms with Crippen molar-refractivity contribution in [2.45, 2.75) is 18.7 Å². The second kappa shape index (κ2) is 4.06. The Morgan fingerprint density at radius 3 is 3.06 bits per heavy atom. The average Bonchev–Trinajstić information content (AvgIpc) is 2.87. The van der Waals surface area contributed by atoms with E-state index >= 15 is 0 Å². The van der Waals surface area contributed by atoms with Gasteiger partial charge < -0.3 is 10.8 Å². The maximum atomic E-state index is 9.61. The van der Waals surface area contributed by atoms with Gasteiger partial charge in [-0.15, -0.1) is 0 Å². The van der Waals surface area contributed by atoms with Gasteiger partial charge in [0.25, 0.3) is 0 Å². The molecule has 0 saturated carbocycles. The molecule has 1 aromatic heterocycles. The van der Waals surface area contributed by atoms with E-state index in [1.54, 1.807) is 0 Å². The predicted molar refractivity (Wildman–Crippen MR) is 61.1 cm³/mol. The summed E-state index contributed by atoms with van der Waals surface area (Å²) in [6.45, 7) is 2.00. The topological polar surface area (TPSA) is 88.4 Å². The monoisotopic (exact) mass is 234 g/mol. The number of likely N-dealkylation sites (tertiary alicyclic amines) is 1. The first-order valence-electron chi connectivity index (χ1n) is 5.60. The molecule has 0 unspecified atom stereocenters. The van der Waals surface area contributed by atoms with Crippen molar-refractivity contribution >= 4 is 11.0 Å². The Morgan fingerprint density at radius 2 is 2.29 bits per heavy atom. The highest BCUT2D eigenvalue weighted by Gasteiger charge is 2.28. The number of nitrogens with zero attached hydrogens (tertiary/aromatic N) is 3. The number of β-amino-alcohol motifs (C(OH)–C–C–N with tert-alkyl or cyclic N) is 1. The molecule has 17 heavy (non-hydrogen) atoms. The molecule has 2 heterocycles. The number of hydrogen-bond acceptors (Lipinski definition) is 6. The van der Waals surface area contributed by atoms with Gasteiger partial charge in [-0.05, 0) is 21.9 Å². The maximum absolute atomic E-state index is 9.61. The minimum absolute atomic E-state index is 0.162. The van der Waals surface area contributed by atoms with Crippen molar-refractivity contribution in [3.8, 4) is 0 Å². The summed E-state index contributed by atoms with van der Waals surface area (Å²) in [6.07, 6.45) is -0.440. The lowest BCUT2D eigenvalue weighted by molar-refractivity contribution is 0.164. The van der Waals surface area contributed by atoms with Crippen LogP contribution in [0.25, 0.3) is 11.0 Å². The minimum atomic E-state index is -0.440. The van der Waals surface area contributed by atoms with Crippen LogP contribution in [0.4, 0.5) is 0 Å². The quantitative estimate of drug-likeness (QED) is 0.743. The molecule has 3 rings (SSSR count). The maximum Gasteiger partial charge on any atom is 0.139 e. The van der Waals surface area contributed by atoms with Gasteiger partial charge in [-0.1, -0.05) is 12.1 Å². The van der Waals surface area contributed by atoms with E-state index in [1.165, 1.54) is 0 Å². The van der Waals surface area contributed by atoms with Crippen molar-refractivity contribution in [1.82, 2.24) is 15.2 Å². The summed E-state index contributed by atoms with van der Waals surface area (Å²) < 4.78 is 4.72. The van der Waals surface area contributed by atoms with Crippen LogP contribution in [0.2, 0.25) is 0 Å². The van der Waals surface area contributed by atoms with Crippen molar-refractivity contribution in [3.63, 3.8) is 0 Å². The van der Waals surface area contributed by atoms with Gasteiger partial charge in [-0.2, -0.15) is 0 Å². The molecule has 0 bridgehead atoms. The summed E-state index contributed by atoms with van der Waals surface area (Å²) in [6, 6.07) is 5.61. The molecule has 90 valence electrons. The fourth-order valence-electron chi connectivity index (χ4n) is 2.25. The Balaban J connectivity index is 1.83. The highest BCUT2D eigenvalue weighted by atomic mass is 16.6. The number of fused-ring (bicyclic) bond motifs is 1. The van der Waals surface area contributed by atoms with Crippen molar-refractivity contribution in [2.24, 2.45) is 5.73 Å². The molecule has 1 aliphatic rings. The second-order valence-electron chi connectivity index (χ2n) is 4.47. The Hall–Kier alpha value is -1.50. The first kappa shape index (κ1) is 10.6. The highest BCUT2D eigenvalue weighted by Crippen LogP contribution is 2.19. The lowest BCUT2D eigenvalue weighted by Gasteiger charge is -2.14. The molecule has 6 heteroatoms. The number of hydrogen-bond donors (Lipinski definition) is 2. The zero-order chi connectivity index (χ0) is 11.8. The van der Waals surface area contributed by atoms with E-state index in [0.717, 1.165) is 16.6 Å². The van der Waals surface area contributed by atoms with Gasteiger partial charge >= 0.3 is 0 Å². The van der Waals surface area contributed by atoms with Gasteiger partial charge in [0.2, 0.25) is 0 Å². The van der Waals surface area contributed by atoms with E-state index < -0.39 is 6.10 Å². The number of aromatic nitrogens is 2. The van der Waals surface area contributed by atoms with E-state index in [2.05, 4.69) is 15.2 Å². The molecular formula is C11H14N4O2. The predicted octanol–water partition coefficient (Wildman–Crippen LogP) is -0.273. The van der Waals surface area contributed by atoms with Crippen LogP contribution in [0.3, 0.4) is 0 Å². The largest absolute Gasteiger partial charge is 0.390 e. The fraction of sp³-hybridized carbons (Fsp3) is 0.455. The van der Waals surface area contributed by atoms with E-state index in [1.807, 2.05) is 18.2 Å². The Labute approximate surface area is 98.0 Å². The van der Waals surface area contributed by atoms with Gasteiger partial charge in [0.15, 0.2) is 0 Å².